The number of aliphatic imine (C=N–C) groups is 1. The first-order valence-corrected chi connectivity index (χ1v) is 14.7. The lowest BCUT2D eigenvalue weighted by molar-refractivity contribution is 0.0707. The van der Waals surface area contributed by atoms with Gasteiger partial charge in [-0.25, -0.2) is 14.4 Å². The number of methoxy groups -OCH3 is 1. The Labute approximate surface area is 266 Å². The predicted octanol–water partition coefficient (Wildman–Crippen LogP) is 7.15. The molecule has 228 valence electrons. The van der Waals surface area contributed by atoms with Gasteiger partial charge in [0.05, 0.1) is 41.2 Å². The van der Waals surface area contributed by atoms with Crippen LogP contribution in [-0.4, -0.2) is 59.8 Å². The molecule has 0 bridgehead atoms. The van der Waals surface area contributed by atoms with Crippen LogP contribution in [0, 0.1) is 5.82 Å². The molecule has 0 aliphatic carbocycles. The minimum absolute atomic E-state index is 0. The van der Waals surface area contributed by atoms with Crippen LogP contribution in [0.5, 0.6) is 5.75 Å². The van der Waals surface area contributed by atoms with Crippen LogP contribution in [0.1, 0.15) is 47.3 Å². The summed E-state index contributed by atoms with van der Waals surface area (Å²) in [6, 6.07) is 15.7. The number of hydrogen-bond donors (Lipinski definition) is 2. The number of hydrogen-bond acceptors (Lipinski definition) is 7. The van der Waals surface area contributed by atoms with Crippen molar-refractivity contribution in [1.82, 2.24) is 20.2 Å². The van der Waals surface area contributed by atoms with Gasteiger partial charge in [0, 0.05) is 52.7 Å². The van der Waals surface area contributed by atoms with Gasteiger partial charge in [0.2, 0.25) is 5.95 Å². The van der Waals surface area contributed by atoms with E-state index in [4.69, 9.17) is 37.9 Å². The van der Waals surface area contributed by atoms with Gasteiger partial charge in [-0.1, -0.05) is 42.8 Å². The molecule has 2 aliphatic heterocycles. The molecule has 0 atom stereocenters. The summed E-state index contributed by atoms with van der Waals surface area (Å²) < 4.78 is 20.6. The van der Waals surface area contributed by atoms with Gasteiger partial charge in [-0.2, -0.15) is 0 Å². The summed E-state index contributed by atoms with van der Waals surface area (Å²) in [4.78, 5) is 29.1. The van der Waals surface area contributed by atoms with Crippen LogP contribution in [0.15, 0.2) is 65.8 Å². The third-order valence-corrected chi connectivity index (χ3v) is 8.39. The number of benzene rings is 3. The summed E-state index contributed by atoms with van der Waals surface area (Å²) in [5.41, 5.74) is 4.52. The SMILES string of the molecule is C.CNC1CCN(C(=O)c2ccc(Nc3ncc4c(n3)-c3ccc(Cl)cc3C(c3c(F)cccc3OC)=NC4)cc2Cl)CC1. The molecule has 1 fully saturated rings. The van der Waals surface area contributed by atoms with Crippen molar-refractivity contribution in [2.45, 2.75) is 32.9 Å². The maximum absolute atomic E-state index is 15.2. The standard InChI is InChI=1S/C32H29Cl2FN6O2.CH4/c1-36-20-10-12-41(13-11-20)31(42)23-9-7-21(15-25(23)34)39-32-38-17-18-16-37-30(28-26(35)4-3-5-27(28)43-2)24-14-19(33)6-8-22(24)29(18)40-32;/h3-9,14-15,17,20,36H,10-13,16H2,1-2H3,(H,38,39,40);1H4. The van der Waals surface area contributed by atoms with E-state index < -0.39 is 5.82 Å². The summed E-state index contributed by atoms with van der Waals surface area (Å²) in [5, 5.41) is 7.30. The lowest BCUT2D eigenvalue weighted by atomic mass is 9.94. The highest BCUT2D eigenvalue weighted by atomic mass is 35.5. The molecule has 3 heterocycles. The average molecular weight is 636 g/mol. The number of ether oxygens (including phenoxy) is 1. The Balaban J connectivity index is 0.00000384. The number of fused-ring (bicyclic) bond motifs is 3. The maximum Gasteiger partial charge on any atom is 0.255 e. The summed E-state index contributed by atoms with van der Waals surface area (Å²) in [7, 11) is 3.44. The molecule has 1 aromatic heterocycles. The van der Waals surface area contributed by atoms with E-state index in [1.54, 1.807) is 48.7 Å². The van der Waals surface area contributed by atoms with Crippen molar-refractivity contribution in [2.24, 2.45) is 4.99 Å². The van der Waals surface area contributed by atoms with Crippen molar-refractivity contribution in [3.8, 4) is 17.0 Å². The van der Waals surface area contributed by atoms with Crippen LogP contribution in [0.25, 0.3) is 11.3 Å². The highest BCUT2D eigenvalue weighted by Gasteiger charge is 2.26. The third kappa shape index (κ3) is 6.13. The molecule has 1 saturated heterocycles. The second-order valence-corrected chi connectivity index (χ2v) is 11.3. The number of nitrogens with zero attached hydrogens (tertiary/aromatic N) is 4. The molecule has 2 N–H and O–H groups in total. The number of halogens is 3. The Hall–Kier alpha value is -4.05. The van der Waals surface area contributed by atoms with E-state index >= 15 is 4.39 Å². The lowest BCUT2D eigenvalue weighted by Gasteiger charge is -2.32. The normalized spacial score (nSPS) is 14.5. The second kappa shape index (κ2) is 13.3. The molecule has 44 heavy (non-hydrogen) atoms. The molecule has 0 radical (unpaired) electrons. The first-order valence-electron chi connectivity index (χ1n) is 13.9. The Kier molecular flexibility index (Phi) is 9.48. The molecule has 3 aromatic carbocycles. The van der Waals surface area contributed by atoms with Crippen LogP contribution >= 0.6 is 23.2 Å². The number of likely N-dealkylation sites (tertiary alicyclic amines) is 1. The number of aromatic nitrogens is 2. The first-order chi connectivity index (χ1) is 20.9. The Morgan fingerprint density at radius 1 is 1.07 bits per heavy atom. The fourth-order valence-corrected chi connectivity index (χ4v) is 5.97. The van der Waals surface area contributed by atoms with Crippen molar-refractivity contribution < 1.29 is 13.9 Å². The fourth-order valence-electron chi connectivity index (χ4n) is 5.54. The lowest BCUT2D eigenvalue weighted by Crippen LogP contribution is -2.44. The van der Waals surface area contributed by atoms with Gasteiger partial charge in [-0.15, -0.1) is 0 Å². The van der Waals surface area contributed by atoms with Crippen LogP contribution in [0.4, 0.5) is 16.0 Å². The minimum atomic E-state index is -0.454. The van der Waals surface area contributed by atoms with Crippen molar-refractivity contribution in [3.05, 3.63) is 98.9 Å². The number of carbonyl (C=O) groups excluding carboxylic acids is 1. The zero-order valence-corrected chi connectivity index (χ0v) is 25.1. The van der Waals surface area contributed by atoms with Gasteiger partial charge in [0.1, 0.15) is 11.6 Å². The molecule has 2 aliphatic rings. The largest absolute Gasteiger partial charge is 0.496 e. The van der Waals surface area contributed by atoms with Crippen LogP contribution in [0.3, 0.4) is 0 Å². The van der Waals surface area contributed by atoms with Crippen LogP contribution < -0.4 is 15.4 Å². The number of amides is 1. The van der Waals surface area contributed by atoms with Crippen molar-refractivity contribution in [3.63, 3.8) is 0 Å². The summed E-state index contributed by atoms with van der Waals surface area (Å²) in [6.07, 6.45) is 3.51. The molecular formula is C33H33Cl2FN6O2. The smallest absolute Gasteiger partial charge is 0.255 e. The average Bonchev–Trinajstić information content (AvgIpc) is 3.17. The van der Waals surface area contributed by atoms with Gasteiger partial charge in [0.25, 0.3) is 5.91 Å². The van der Waals surface area contributed by atoms with Crippen molar-refractivity contribution >= 4 is 46.5 Å². The topological polar surface area (TPSA) is 91.7 Å². The maximum atomic E-state index is 15.2. The van der Waals surface area contributed by atoms with E-state index in [1.807, 2.05) is 18.0 Å². The summed E-state index contributed by atoms with van der Waals surface area (Å²) in [5.74, 6) is 0.163. The van der Waals surface area contributed by atoms with Gasteiger partial charge in [-0.05, 0) is 62.4 Å². The zero-order valence-electron chi connectivity index (χ0n) is 23.6. The van der Waals surface area contributed by atoms with E-state index in [1.165, 1.54) is 13.2 Å². The van der Waals surface area contributed by atoms with Gasteiger partial charge < -0.3 is 20.3 Å². The molecule has 0 unspecified atom stereocenters. The second-order valence-electron chi connectivity index (χ2n) is 10.4. The highest BCUT2D eigenvalue weighted by molar-refractivity contribution is 6.34. The van der Waals surface area contributed by atoms with E-state index in [9.17, 15) is 4.79 Å². The molecule has 8 nitrogen and oxygen atoms in total. The molecule has 6 rings (SSSR count). The molecular weight excluding hydrogens is 602 g/mol. The minimum Gasteiger partial charge on any atom is -0.496 e. The summed E-state index contributed by atoms with van der Waals surface area (Å²) >= 11 is 13.0. The van der Waals surface area contributed by atoms with E-state index in [0.717, 1.165) is 24.0 Å². The van der Waals surface area contributed by atoms with Gasteiger partial charge >= 0.3 is 0 Å². The zero-order chi connectivity index (χ0) is 30.1. The summed E-state index contributed by atoms with van der Waals surface area (Å²) in [6.45, 7) is 1.60. The number of carbonyl (C=O) groups is 1. The van der Waals surface area contributed by atoms with Crippen LogP contribution in [-0.2, 0) is 6.54 Å². The fraction of sp³-hybridized carbons (Fsp3) is 0.273. The Bertz CT molecular complexity index is 1740. The molecule has 0 saturated carbocycles. The van der Waals surface area contributed by atoms with E-state index in [-0.39, 0.29) is 25.4 Å². The number of nitrogens with one attached hydrogen (secondary N) is 2. The molecule has 11 heteroatoms. The third-order valence-electron chi connectivity index (χ3n) is 7.84. The van der Waals surface area contributed by atoms with Gasteiger partial charge in [-0.3, -0.25) is 9.79 Å². The van der Waals surface area contributed by atoms with Crippen molar-refractivity contribution in [2.75, 3.05) is 32.6 Å². The monoisotopic (exact) mass is 634 g/mol. The molecule has 0 spiro atoms. The Morgan fingerprint density at radius 2 is 1.86 bits per heavy atom. The van der Waals surface area contributed by atoms with E-state index in [2.05, 4.69) is 15.6 Å². The highest BCUT2D eigenvalue weighted by Crippen LogP contribution is 2.36. The van der Waals surface area contributed by atoms with E-state index in [0.29, 0.717) is 69.1 Å². The van der Waals surface area contributed by atoms with Crippen molar-refractivity contribution in [1.29, 1.82) is 0 Å². The van der Waals surface area contributed by atoms with Crippen LogP contribution in [0.2, 0.25) is 10.0 Å². The quantitative estimate of drug-likeness (QED) is 0.234. The molecule has 1 amide bonds. The number of piperidine rings is 1. The molecule has 4 aromatic rings. The predicted molar refractivity (Wildman–Crippen MR) is 174 cm³/mol. The Morgan fingerprint density at radius 3 is 2.59 bits per heavy atom. The number of anilines is 2. The number of rotatable bonds is 6. The first kappa shape index (κ1) is 31.4. The van der Waals surface area contributed by atoms with Gasteiger partial charge in [0.15, 0.2) is 0 Å².